The SMILES string of the molecule is CCCCOC(=O)c1ccc(NC(=O)[C@@H](Br)[C@@H](Br)c2ccccc2)cc1. The van der Waals surface area contributed by atoms with Crippen LogP contribution in [0, 0.1) is 0 Å². The highest BCUT2D eigenvalue weighted by Gasteiger charge is 2.25. The van der Waals surface area contributed by atoms with Gasteiger partial charge in [-0.3, -0.25) is 4.79 Å². The average Bonchev–Trinajstić information content (AvgIpc) is 2.68. The Morgan fingerprint density at radius 2 is 1.69 bits per heavy atom. The van der Waals surface area contributed by atoms with E-state index in [1.54, 1.807) is 24.3 Å². The summed E-state index contributed by atoms with van der Waals surface area (Å²) in [4.78, 5) is 23.7. The van der Waals surface area contributed by atoms with Crippen LogP contribution in [0.15, 0.2) is 54.6 Å². The first-order valence-electron chi connectivity index (χ1n) is 8.44. The molecule has 26 heavy (non-hydrogen) atoms. The molecule has 0 aliphatic carbocycles. The number of halogens is 2. The molecule has 4 nitrogen and oxygen atoms in total. The molecule has 0 saturated heterocycles. The molecule has 6 heteroatoms. The maximum absolute atomic E-state index is 12.4. The molecule has 138 valence electrons. The third-order valence-electron chi connectivity index (χ3n) is 3.74. The molecule has 2 aromatic rings. The molecule has 2 atom stereocenters. The van der Waals surface area contributed by atoms with Gasteiger partial charge in [-0.25, -0.2) is 4.79 Å². The molecule has 0 saturated carbocycles. The topological polar surface area (TPSA) is 55.4 Å². The number of anilines is 1. The summed E-state index contributed by atoms with van der Waals surface area (Å²) in [7, 11) is 0. The van der Waals surface area contributed by atoms with Crippen molar-refractivity contribution < 1.29 is 14.3 Å². The standard InChI is InChI=1S/C20H21Br2NO3/c1-2-3-13-26-20(25)15-9-11-16(12-10-15)23-19(24)18(22)17(21)14-7-5-4-6-8-14/h4-12,17-18H,2-3,13H2,1H3,(H,23,24)/t17-,18-/m0/s1. The van der Waals surface area contributed by atoms with Crippen molar-refractivity contribution >= 4 is 49.4 Å². The Kier molecular flexibility index (Phi) is 8.32. The number of carbonyl (C=O) groups is 2. The van der Waals surface area contributed by atoms with E-state index in [0.717, 1.165) is 18.4 Å². The van der Waals surface area contributed by atoms with Gasteiger partial charge in [-0.1, -0.05) is 75.5 Å². The van der Waals surface area contributed by atoms with Gasteiger partial charge in [0.05, 0.1) is 17.0 Å². The van der Waals surface area contributed by atoms with Gasteiger partial charge in [-0.05, 0) is 36.2 Å². The van der Waals surface area contributed by atoms with E-state index < -0.39 is 4.83 Å². The number of nitrogens with one attached hydrogen (secondary N) is 1. The van der Waals surface area contributed by atoms with Crippen molar-refractivity contribution in [3.63, 3.8) is 0 Å². The second-order valence-corrected chi connectivity index (χ2v) is 7.74. The maximum Gasteiger partial charge on any atom is 0.338 e. The van der Waals surface area contributed by atoms with Crippen molar-refractivity contribution in [1.29, 1.82) is 0 Å². The van der Waals surface area contributed by atoms with E-state index in [9.17, 15) is 9.59 Å². The summed E-state index contributed by atoms with van der Waals surface area (Å²) in [6.07, 6.45) is 1.82. The number of hydrogen-bond acceptors (Lipinski definition) is 3. The van der Waals surface area contributed by atoms with E-state index in [4.69, 9.17) is 4.74 Å². The van der Waals surface area contributed by atoms with E-state index in [2.05, 4.69) is 37.2 Å². The van der Waals surface area contributed by atoms with Crippen LogP contribution in [0.4, 0.5) is 5.69 Å². The lowest BCUT2D eigenvalue weighted by molar-refractivity contribution is -0.115. The Balaban J connectivity index is 1.93. The summed E-state index contributed by atoms with van der Waals surface area (Å²) >= 11 is 7.00. The number of benzene rings is 2. The molecule has 2 rings (SSSR count). The summed E-state index contributed by atoms with van der Waals surface area (Å²) < 4.78 is 5.17. The van der Waals surface area contributed by atoms with Gasteiger partial charge in [0, 0.05) is 5.69 Å². The Labute approximate surface area is 170 Å². The van der Waals surface area contributed by atoms with Gasteiger partial charge in [-0.2, -0.15) is 0 Å². The summed E-state index contributed by atoms with van der Waals surface area (Å²) in [5.74, 6) is -0.520. The predicted octanol–water partition coefficient (Wildman–Crippen LogP) is 5.48. The first-order valence-corrected chi connectivity index (χ1v) is 10.3. The van der Waals surface area contributed by atoms with Crippen molar-refractivity contribution in [3.8, 4) is 0 Å². The molecule has 0 bridgehead atoms. The van der Waals surface area contributed by atoms with Gasteiger partial charge in [0.1, 0.15) is 4.83 Å². The summed E-state index contributed by atoms with van der Waals surface area (Å²) in [6.45, 7) is 2.46. The van der Waals surface area contributed by atoms with Crippen LogP contribution in [0.25, 0.3) is 0 Å². The Bertz CT molecular complexity index is 720. The minimum Gasteiger partial charge on any atom is -0.462 e. The zero-order chi connectivity index (χ0) is 18.9. The molecule has 0 unspecified atom stereocenters. The molecule has 0 aliphatic rings. The van der Waals surface area contributed by atoms with Gasteiger partial charge in [0.15, 0.2) is 0 Å². The summed E-state index contributed by atoms with van der Waals surface area (Å²) in [6, 6.07) is 16.4. The largest absolute Gasteiger partial charge is 0.462 e. The molecular formula is C20H21Br2NO3. The zero-order valence-corrected chi connectivity index (χ0v) is 17.6. The van der Waals surface area contributed by atoms with E-state index in [-0.39, 0.29) is 16.7 Å². The highest BCUT2D eigenvalue weighted by atomic mass is 79.9. The quantitative estimate of drug-likeness (QED) is 0.308. The Morgan fingerprint density at radius 3 is 2.31 bits per heavy atom. The van der Waals surface area contributed by atoms with Gasteiger partial charge in [0.25, 0.3) is 0 Å². The number of amides is 1. The van der Waals surface area contributed by atoms with Gasteiger partial charge in [0.2, 0.25) is 5.91 Å². The minimum absolute atomic E-state index is 0.156. The number of unbranched alkanes of at least 4 members (excludes halogenated alkanes) is 1. The summed E-state index contributed by atoms with van der Waals surface area (Å²) in [5, 5.41) is 2.84. The number of alkyl halides is 2. The van der Waals surface area contributed by atoms with Crippen molar-refractivity contribution in [2.45, 2.75) is 29.4 Å². The fraction of sp³-hybridized carbons (Fsp3) is 0.300. The van der Waals surface area contributed by atoms with Crippen LogP contribution in [-0.2, 0) is 9.53 Å². The van der Waals surface area contributed by atoms with Crippen LogP contribution in [0.5, 0.6) is 0 Å². The molecule has 0 aliphatic heterocycles. The highest BCUT2D eigenvalue weighted by Crippen LogP contribution is 2.31. The van der Waals surface area contributed by atoms with E-state index >= 15 is 0 Å². The second-order valence-electron chi connectivity index (χ2n) is 5.77. The lowest BCUT2D eigenvalue weighted by Gasteiger charge is -2.17. The molecule has 0 radical (unpaired) electrons. The molecule has 0 spiro atoms. The number of hydrogen-bond donors (Lipinski definition) is 1. The summed E-state index contributed by atoms with van der Waals surface area (Å²) in [5.41, 5.74) is 2.10. The highest BCUT2D eigenvalue weighted by molar-refractivity contribution is 9.12. The van der Waals surface area contributed by atoms with E-state index in [1.165, 1.54) is 0 Å². The molecule has 0 aromatic heterocycles. The molecular weight excluding hydrogens is 462 g/mol. The van der Waals surface area contributed by atoms with Gasteiger partial charge in [-0.15, -0.1) is 0 Å². The van der Waals surface area contributed by atoms with Crippen LogP contribution in [0.2, 0.25) is 0 Å². The van der Waals surface area contributed by atoms with Crippen LogP contribution in [0.1, 0.15) is 40.5 Å². The molecule has 1 N–H and O–H groups in total. The lowest BCUT2D eigenvalue weighted by atomic mass is 10.1. The third kappa shape index (κ3) is 5.95. The smallest absolute Gasteiger partial charge is 0.338 e. The molecule has 2 aromatic carbocycles. The van der Waals surface area contributed by atoms with E-state index in [0.29, 0.717) is 17.9 Å². The number of esters is 1. The monoisotopic (exact) mass is 481 g/mol. The zero-order valence-electron chi connectivity index (χ0n) is 14.5. The lowest BCUT2D eigenvalue weighted by Crippen LogP contribution is -2.26. The van der Waals surface area contributed by atoms with Crippen molar-refractivity contribution in [2.24, 2.45) is 0 Å². The first-order chi connectivity index (χ1) is 12.5. The first kappa shape index (κ1) is 20.6. The Hall–Kier alpha value is -1.66. The van der Waals surface area contributed by atoms with Crippen LogP contribution in [0.3, 0.4) is 0 Å². The van der Waals surface area contributed by atoms with Crippen molar-refractivity contribution in [3.05, 3.63) is 65.7 Å². The van der Waals surface area contributed by atoms with Crippen LogP contribution >= 0.6 is 31.9 Å². The second kappa shape index (κ2) is 10.5. The third-order valence-corrected chi connectivity index (χ3v) is 6.46. The number of carbonyl (C=O) groups excluding carboxylic acids is 2. The number of ether oxygens (including phenoxy) is 1. The average molecular weight is 483 g/mol. The number of rotatable bonds is 8. The van der Waals surface area contributed by atoms with Gasteiger partial charge < -0.3 is 10.1 Å². The van der Waals surface area contributed by atoms with Crippen LogP contribution in [-0.4, -0.2) is 23.3 Å². The molecule has 1 amide bonds. The normalized spacial score (nSPS) is 12.9. The van der Waals surface area contributed by atoms with Crippen molar-refractivity contribution in [2.75, 3.05) is 11.9 Å². The van der Waals surface area contributed by atoms with E-state index in [1.807, 2.05) is 37.3 Å². The maximum atomic E-state index is 12.4. The molecule has 0 heterocycles. The van der Waals surface area contributed by atoms with Crippen LogP contribution < -0.4 is 5.32 Å². The van der Waals surface area contributed by atoms with Gasteiger partial charge >= 0.3 is 5.97 Å². The fourth-order valence-corrected chi connectivity index (χ4v) is 3.20. The van der Waals surface area contributed by atoms with Crippen molar-refractivity contribution in [1.82, 2.24) is 0 Å². The minimum atomic E-state index is -0.441. The Morgan fingerprint density at radius 1 is 1.04 bits per heavy atom. The fourth-order valence-electron chi connectivity index (χ4n) is 2.23. The molecule has 0 fully saturated rings. The predicted molar refractivity (Wildman–Crippen MR) is 111 cm³/mol.